The number of benzene rings is 1. The Balaban J connectivity index is 1.51. The predicted octanol–water partition coefficient (Wildman–Crippen LogP) is 4.49. The Kier molecular flexibility index (Phi) is 5.42. The fourth-order valence-corrected chi connectivity index (χ4v) is 3.01. The van der Waals surface area contributed by atoms with Gasteiger partial charge in [-0.1, -0.05) is 37.5 Å². The van der Waals surface area contributed by atoms with Crippen LogP contribution >= 0.6 is 12.2 Å². The van der Waals surface area contributed by atoms with Crippen LogP contribution in [0, 0.1) is 0 Å². The van der Waals surface area contributed by atoms with E-state index in [2.05, 4.69) is 15.6 Å². The summed E-state index contributed by atoms with van der Waals surface area (Å²) in [5.41, 5.74) is 0.860. The van der Waals surface area contributed by atoms with Crippen LogP contribution in [-0.2, 0) is 0 Å². The van der Waals surface area contributed by atoms with Gasteiger partial charge in [-0.3, -0.25) is 0 Å². The highest BCUT2D eigenvalue weighted by atomic mass is 32.1. The van der Waals surface area contributed by atoms with E-state index in [0.29, 0.717) is 17.0 Å². The summed E-state index contributed by atoms with van der Waals surface area (Å²) >= 11 is 5.37. The molecule has 0 bridgehead atoms. The number of hydrogen-bond acceptors (Lipinski definition) is 3. The SMILES string of the molecule is S=C(Nc1ccc(Oc2ccccc2)nc1)NC1CCCCC1. The number of rotatable bonds is 4. The lowest BCUT2D eigenvalue weighted by atomic mass is 9.96. The van der Waals surface area contributed by atoms with Crippen molar-refractivity contribution in [1.29, 1.82) is 0 Å². The molecule has 1 aliphatic rings. The van der Waals surface area contributed by atoms with Crippen molar-refractivity contribution in [1.82, 2.24) is 10.3 Å². The Morgan fingerprint density at radius 3 is 2.52 bits per heavy atom. The minimum Gasteiger partial charge on any atom is -0.439 e. The van der Waals surface area contributed by atoms with Gasteiger partial charge in [-0.05, 0) is 43.3 Å². The number of pyridine rings is 1. The molecule has 1 aromatic carbocycles. The molecule has 0 atom stereocenters. The van der Waals surface area contributed by atoms with Gasteiger partial charge < -0.3 is 15.4 Å². The van der Waals surface area contributed by atoms with Crippen molar-refractivity contribution in [2.75, 3.05) is 5.32 Å². The number of hydrogen-bond donors (Lipinski definition) is 2. The molecule has 2 N–H and O–H groups in total. The summed E-state index contributed by atoms with van der Waals surface area (Å²) in [5.74, 6) is 1.34. The van der Waals surface area contributed by atoms with E-state index in [9.17, 15) is 0 Å². The van der Waals surface area contributed by atoms with E-state index in [1.807, 2.05) is 42.5 Å². The third-order valence-electron chi connectivity index (χ3n) is 3.90. The molecule has 5 heteroatoms. The van der Waals surface area contributed by atoms with Gasteiger partial charge >= 0.3 is 0 Å². The zero-order chi connectivity index (χ0) is 15.9. The molecule has 1 aliphatic carbocycles. The van der Waals surface area contributed by atoms with E-state index >= 15 is 0 Å². The van der Waals surface area contributed by atoms with Crippen molar-refractivity contribution in [3.63, 3.8) is 0 Å². The van der Waals surface area contributed by atoms with Crippen LogP contribution < -0.4 is 15.4 Å². The van der Waals surface area contributed by atoms with Gasteiger partial charge in [0.15, 0.2) is 5.11 Å². The van der Waals surface area contributed by atoms with E-state index in [1.54, 1.807) is 6.20 Å². The first kappa shape index (κ1) is 15.7. The third kappa shape index (κ3) is 4.93. The summed E-state index contributed by atoms with van der Waals surface area (Å²) < 4.78 is 5.67. The van der Waals surface area contributed by atoms with Crippen LogP contribution in [0.1, 0.15) is 32.1 Å². The molecule has 1 saturated carbocycles. The van der Waals surface area contributed by atoms with Crippen molar-refractivity contribution in [2.24, 2.45) is 0 Å². The lowest BCUT2D eigenvalue weighted by Gasteiger charge is -2.24. The third-order valence-corrected chi connectivity index (χ3v) is 4.12. The van der Waals surface area contributed by atoms with Crippen molar-refractivity contribution in [2.45, 2.75) is 38.1 Å². The summed E-state index contributed by atoms with van der Waals surface area (Å²) in [6, 6.07) is 13.9. The maximum absolute atomic E-state index is 5.67. The Bertz CT molecular complexity index is 624. The molecule has 4 nitrogen and oxygen atoms in total. The summed E-state index contributed by atoms with van der Waals surface area (Å²) in [4.78, 5) is 4.30. The van der Waals surface area contributed by atoms with Crippen LogP contribution in [0.5, 0.6) is 11.6 Å². The van der Waals surface area contributed by atoms with Crippen molar-refractivity contribution >= 4 is 23.0 Å². The van der Waals surface area contributed by atoms with E-state index in [0.717, 1.165) is 11.4 Å². The second-order valence-corrected chi connectivity index (χ2v) is 6.14. The van der Waals surface area contributed by atoms with Crippen LogP contribution in [0.15, 0.2) is 48.7 Å². The van der Waals surface area contributed by atoms with Crippen molar-refractivity contribution < 1.29 is 4.74 Å². The molecule has 120 valence electrons. The van der Waals surface area contributed by atoms with Gasteiger partial charge in [0.25, 0.3) is 0 Å². The fourth-order valence-electron chi connectivity index (χ4n) is 2.72. The number of para-hydroxylation sites is 1. The summed E-state index contributed by atoms with van der Waals surface area (Å²) in [6.07, 6.45) is 8.03. The van der Waals surface area contributed by atoms with Gasteiger partial charge in [0.05, 0.1) is 11.9 Å². The molecule has 2 aromatic rings. The number of thiocarbonyl (C=S) groups is 1. The molecule has 1 fully saturated rings. The molecule has 0 aliphatic heterocycles. The number of anilines is 1. The lowest BCUT2D eigenvalue weighted by Crippen LogP contribution is -2.38. The highest BCUT2D eigenvalue weighted by Gasteiger charge is 2.13. The highest BCUT2D eigenvalue weighted by Crippen LogP contribution is 2.20. The number of nitrogens with one attached hydrogen (secondary N) is 2. The van der Waals surface area contributed by atoms with Crippen LogP contribution in [0.3, 0.4) is 0 Å². The first-order chi connectivity index (χ1) is 11.3. The molecule has 1 heterocycles. The molecule has 23 heavy (non-hydrogen) atoms. The highest BCUT2D eigenvalue weighted by molar-refractivity contribution is 7.80. The van der Waals surface area contributed by atoms with Gasteiger partial charge in [0, 0.05) is 12.1 Å². The molecule has 3 rings (SSSR count). The Morgan fingerprint density at radius 2 is 1.83 bits per heavy atom. The average molecular weight is 327 g/mol. The maximum atomic E-state index is 5.67. The first-order valence-electron chi connectivity index (χ1n) is 8.06. The topological polar surface area (TPSA) is 46.2 Å². The van der Waals surface area contributed by atoms with Gasteiger partial charge in [0.1, 0.15) is 5.75 Å². The minimum absolute atomic E-state index is 0.498. The molecule has 0 spiro atoms. The maximum Gasteiger partial charge on any atom is 0.219 e. The molecular formula is C18H21N3OS. The second-order valence-electron chi connectivity index (χ2n) is 5.73. The standard InChI is InChI=1S/C18H21N3OS/c23-18(20-14-7-3-1-4-8-14)21-15-11-12-17(19-13-15)22-16-9-5-2-6-10-16/h2,5-6,9-14H,1,3-4,7-8H2,(H2,20,21,23). The Labute approximate surface area is 142 Å². The van der Waals surface area contributed by atoms with E-state index < -0.39 is 0 Å². The van der Waals surface area contributed by atoms with Crippen LogP contribution in [-0.4, -0.2) is 16.1 Å². The number of ether oxygens (including phenoxy) is 1. The predicted molar refractivity (Wildman–Crippen MR) is 97.0 cm³/mol. The Morgan fingerprint density at radius 1 is 1.04 bits per heavy atom. The average Bonchev–Trinajstić information content (AvgIpc) is 2.58. The van der Waals surface area contributed by atoms with E-state index in [1.165, 1.54) is 32.1 Å². The van der Waals surface area contributed by atoms with Crippen molar-refractivity contribution in [3.8, 4) is 11.6 Å². The van der Waals surface area contributed by atoms with Gasteiger partial charge in [-0.2, -0.15) is 0 Å². The lowest BCUT2D eigenvalue weighted by molar-refractivity contribution is 0.415. The molecule has 0 saturated heterocycles. The fraction of sp³-hybridized carbons (Fsp3) is 0.333. The van der Waals surface area contributed by atoms with Crippen LogP contribution in [0.4, 0.5) is 5.69 Å². The molecular weight excluding hydrogens is 306 g/mol. The summed E-state index contributed by atoms with van der Waals surface area (Å²) in [6.45, 7) is 0. The van der Waals surface area contributed by atoms with Crippen molar-refractivity contribution in [3.05, 3.63) is 48.7 Å². The Hall–Kier alpha value is -2.14. The minimum atomic E-state index is 0.498. The summed E-state index contributed by atoms with van der Waals surface area (Å²) in [5, 5.41) is 7.23. The quantitative estimate of drug-likeness (QED) is 0.810. The largest absolute Gasteiger partial charge is 0.439 e. The number of nitrogens with zero attached hydrogens (tertiary/aromatic N) is 1. The molecule has 0 amide bonds. The first-order valence-corrected chi connectivity index (χ1v) is 8.47. The van der Waals surface area contributed by atoms with E-state index in [4.69, 9.17) is 17.0 Å². The van der Waals surface area contributed by atoms with Gasteiger partial charge in [0.2, 0.25) is 5.88 Å². The second kappa shape index (κ2) is 7.92. The number of aromatic nitrogens is 1. The normalized spacial score (nSPS) is 15.0. The van der Waals surface area contributed by atoms with Crippen LogP contribution in [0.2, 0.25) is 0 Å². The molecule has 0 unspecified atom stereocenters. The molecule has 0 radical (unpaired) electrons. The smallest absolute Gasteiger partial charge is 0.219 e. The van der Waals surface area contributed by atoms with Gasteiger partial charge in [-0.15, -0.1) is 0 Å². The van der Waals surface area contributed by atoms with Crippen LogP contribution in [0.25, 0.3) is 0 Å². The monoisotopic (exact) mass is 327 g/mol. The zero-order valence-electron chi connectivity index (χ0n) is 13.0. The van der Waals surface area contributed by atoms with Gasteiger partial charge in [-0.25, -0.2) is 4.98 Å². The zero-order valence-corrected chi connectivity index (χ0v) is 13.8. The van der Waals surface area contributed by atoms with E-state index in [-0.39, 0.29) is 0 Å². The molecule has 1 aromatic heterocycles. The summed E-state index contributed by atoms with van der Waals surface area (Å²) in [7, 11) is 0.